The fraction of sp³-hybridized carbons (Fsp3) is 0.438. The van der Waals surface area contributed by atoms with Gasteiger partial charge in [-0.2, -0.15) is 5.10 Å². The van der Waals surface area contributed by atoms with Gasteiger partial charge in [0, 0.05) is 23.8 Å². The van der Waals surface area contributed by atoms with Crippen molar-refractivity contribution in [3.8, 4) is 5.75 Å². The summed E-state index contributed by atoms with van der Waals surface area (Å²) < 4.78 is 20.9. The lowest BCUT2D eigenvalue weighted by atomic mass is 10.1. The van der Waals surface area contributed by atoms with Gasteiger partial charge in [0.2, 0.25) is 0 Å². The predicted molar refractivity (Wildman–Crippen MR) is 80.6 cm³/mol. The number of hydrogen-bond donors (Lipinski definition) is 1. The van der Waals surface area contributed by atoms with E-state index in [0.29, 0.717) is 24.0 Å². The molecule has 0 aliphatic carbocycles. The standard InChI is InChI=1S/C16H22FN3O/c1-4-11(2)20-8-7-14(19-20)10-21-16-6-5-13(17)9-15(16)12(3)18/h5-9,11-12H,4,10,18H2,1-3H3/t11?,12-/m1/s1. The SMILES string of the molecule is CCC(C)n1ccc(COc2ccc(F)cc2[C@@H](C)N)n1. The average Bonchev–Trinajstić information content (AvgIpc) is 2.93. The fourth-order valence-corrected chi connectivity index (χ4v) is 2.05. The molecular formula is C16H22FN3O. The second-order valence-corrected chi connectivity index (χ2v) is 5.30. The molecule has 0 fully saturated rings. The first-order chi connectivity index (χ1) is 10.0. The molecule has 114 valence electrons. The van der Waals surface area contributed by atoms with Crippen LogP contribution in [-0.4, -0.2) is 9.78 Å². The molecule has 1 unspecified atom stereocenters. The maximum Gasteiger partial charge on any atom is 0.132 e. The van der Waals surface area contributed by atoms with Crippen molar-refractivity contribution in [3.05, 3.63) is 47.5 Å². The third-order valence-electron chi connectivity index (χ3n) is 3.54. The first-order valence-electron chi connectivity index (χ1n) is 7.23. The molecule has 0 amide bonds. The zero-order chi connectivity index (χ0) is 15.4. The largest absolute Gasteiger partial charge is 0.487 e. The molecule has 0 saturated heterocycles. The molecule has 0 saturated carbocycles. The van der Waals surface area contributed by atoms with E-state index in [1.165, 1.54) is 12.1 Å². The van der Waals surface area contributed by atoms with E-state index in [1.54, 1.807) is 13.0 Å². The van der Waals surface area contributed by atoms with Gasteiger partial charge >= 0.3 is 0 Å². The van der Waals surface area contributed by atoms with Crippen LogP contribution in [0.15, 0.2) is 30.5 Å². The van der Waals surface area contributed by atoms with Crippen LogP contribution >= 0.6 is 0 Å². The molecule has 2 rings (SSSR count). The Bertz CT molecular complexity index is 595. The second kappa shape index (κ2) is 6.72. The Morgan fingerprint density at radius 3 is 2.76 bits per heavy atom. The highest BCUT2D eigenvalue weighted by atomic mass is 19.1. The molecule has 2 atom stereocenters. The van der Waals surface area contributed by atoms with Crippen molar-refractivity contribution in [2.45, 2.75) is 45.9 Å². The van der Waals surface area contributed by atoms with E-state index in [1.807, 2.05) is 16.9 Å². The van der Waals surface area contributed by atoms with Crippen molar-refractivity contribution in [2.24, 2.45) is 5.73 Å². The topological polar surface area (TPSA) is 53.1 Å². The van der Waals surface area contributed by atoms with Gasteiger partial charge < -0.3 is 10.5 Å². The minimum atomic E-state index is -0.310. The number of rotatable bonds is 6. The van der Waals surface area contributed by atoms with Gasteiger partial charge in [0.05, 0.1) is 5.69 Å². The number of nitrogens with zero attached hydrogens (tertiary/aromatic N) is 2. The third kappa shape index (κ3) is 3.82. The molecule has 2 N–H and O–H groups in total. The molecule has 0 radical (unpaired) electrons. The van der Waals surface area contributed by atoms with Gasteiger partial charge in [-0.25, -0.2) is 4.39 Å². The highest BCUT2D eigenvalue weighted by Gasteiger charge is 2.11. The van der Waals surface area contributed by atoms with E-state index < -0.39 is 0 Å². The summed E-state index contributed by atoms with van der Waals surface area (Å²) in [5.74, 6) is 0.292. The van der Waals surface area contributed by atoms with Gasteiger partial charge in [0.15, 0.2) is 0 Å². The van der Waals surface area contributed by atoms with Crippen molar-refractivity contribution in [2.75, 3.05) is 0 Å². The number of aromatic nitrogens is 2. The minimum Gasteiger partial charge on any atom is -0.487 e. The van der Waals surface area contributed by atoms with Crippen LogP contribution in [0.25, 0.3) is 0 Å². The lowest BCUT2D eigenvalue weighted by Crippen LogP contribution is -2.09. The van der Waals surface area contributed by atoms with Gasteiger partial charge in [0.1, 0.15) is 18.2 Å². The van der Waals surface area contributed by atoms with Crippen LogP contribution in [0.2, 0.25) is 0 Å². The van der Waals surface area contributed by atoms with Crippen LogP contribution in [0.5, 0.6) is 5.75 Å². The van der Waals surface area contributed by atoms with Crippen molar-refractivity contribution in [1.29, 1.82) is 0 Å². The summed E-state index contributed by atoms with van der Waals surface area (Å²) in [5.41, 5.74) is 7.35. The van der Waals surface area contributed by atoms with Crippen molar-refractivity contribution in [3.63, 3.8) is 0 Å². The van der Waals surface area contributed by atoms with E-state index in [4.69, 9.17) is 10.5 Å². The van der Waals surface area contributed by atoms with Gasteiger partial charge in [-0.15, -0.1) is 0 Å². The van der Waals surface area contributed by atoms with Gasteiger partial charge in [-0.1, -0.05) is 6.92 Å². The van der Waals surface area contributed by atoms with Crippen LogP contribution in [0.3, 0.4) is 0 Å². The summed E-state index contributed by atoms with van der Waals surface area (Å²) in [6.07, 6.45) is 2.97. The average molecular weight is 291 g/mol. The minimum absolute atomic E-state index is 0.284. The summed E-state index contributed by atoms with van der Waals surface area (Å²) >= 11 is 0. The quantitative estimate of drug-likeness (QED) is 0.885. The Balaban J connectivity index is 2.08. The first kappa shape index (κ1) is 15.5. The first-order valence-corrected chi connectivity index (χ1v) is 7.23. The maximum atomic E-state index is 13.3. The predicted octanol–water partition coefficient (Wildman–Crippen LogP) is 3.59. The maximum absolute atomic E-state index is 13.3. The molecule has 0 aliphatic rings. The highest BCUT2D eigenvalue weighted by molar-refractivity contribution is 5.36. The van der Waals surface area contributed by atoms with Crippen LogP contribution in [0.4, 0.5) is 4.39 Å². The molecule has 0 aliphatic heterocycles. The molecule has 0 bridgehead atoms. The Hall–Kier alpha value is -1.88. The number of benzene rings is 1. The van der Waals surface area contributed by atoms with E-state index in [2.05, 4.69) is 18.9 Å². The highest BCUT2D eigenvalue weighted by Crippen LogP contribution is 2.25. The molecule has 1 heterocycles. The van der Waals surface area contributed by atoms with Crippen molar-refractivity contribution < 1.29 is 9.13 Å². The number of ether oxygens (including phenoxy) is 1. The summed E-state index contributed by atoms with van der Waals surface area (Å²) in [7, 11) is 0. The van der Waals surface area contributed by atoms with E-state index in [0.717, 1.165) is 12.1 Å². The van der Waals surface area contributed by atoms with Crippen LogP contribution in [-0.2, 0) is 6.61 Å². The summed E-state index contributed by atoms with van der Waals surface area (Å²) in [6, 6.07) is 6.41. The van der Waals surface area contributed by atoms with Gasteiger partial charge in [-0.05, 0) is 44.5 Å². The summed E-state index contributed by atoms with van der Waals surface area (Å²) in [6.45, 7) is 6.38. The molecule has 5 heteroatoms. The molecule has 1 aromatic carbocycles. The Morgan fingerprint density at radius 1 is 1.33 bits per heavy atom. The lowest BCUT2D eigenvalue weighted by molar-refractivity contribution is 0.293. The smallest absolute Gasteiger partial charge is 0.132 e. The monoisotopic (exact) mass is 291 g/mol. The van der Waals surface area contributed by atoms with Crippen LogP contribution < -0.4 is 10.5 Å². The normalized spacial score (nSPS) is 14.0. The van der Waals surface area contributed by atoms with Gasteiger partial charge in [-0.3, -0.25) is 4.68 Å². The molecule has 2 aromatic rings. The molecule has 21 heavy (non-hydrogen) atoms. The number of hydrogen-bond acceptors (Lipinski definition) is 3. The van der Waals surface area contributed by atoms with Gasteiger partial charge in [0.25, 0.3) is 0 Å². The molecular weight excluding hydrogens is 269 g/mol. The zero-order valence-corrected chi connectivity index (χ0v) is 12.7. The number of nitrogens with two attached hydrogens (primary N) is 1. The molecule has 0 spiro atoms. The fourth-order valence-electron chi connectivity index (χ4n) is 2.05. The Morgan fingerprint density at radius 2 is 2.10 bits per heavy atom. The van der Waals surface area contributed by atoms with Crippen LogP contribution in [0, 0.1) is 5.82 Å². The Kier molecular flexibility index (Phi) is 4.96. The van der Waals surface area contributed by atoms with Crippen LogP contribution in [0.1, 0.15) is 50.5 Å². The summed E-state index contributed by atoms with van der Waals surface area (Å²) in [4.78, 5) is 0. The second-order valence-electron chi connectivity index (χ2n) is 5.30. The lowest BCUT2D eigenvalue weighted by Gasteiger charge is -2.13. The van der Waals surface area contributed by atoms with E-state index >= 15 is 0 Å². The number of halogens is 1. The van der Waals surface area contributed by atoms with Crippen molar-refractivity contribution in [1.82, 2.24) is 9.78 Å². The summed E-state index contributed by atoms with van der Waals surface area (Å²) in [5, 5.41) is 4.47. The zero-order valence-electron chi connectivity index (χ0n) is 12.7. The third-order valence-corrected chi connectivity index (χ3v) is 3.54. The Labute approximate surface area is 124 Å². The molecule has 4 nitrogen and oxygen atoms in total. The van der Waals surface area contributed by atoms with E-state index in [9.17, 15) is 4.39 Å². The van der Waals surface area contributed by atoms with Crippen molar-refractivity contribution >= 4 is 0 Å². The molecule has 1 aromatic heterocycles. The van der Waals surface area contributed by atoms with E-state index in [-0.39, 0.29) is 11.9 Å².